The van der Waals surface area contributed by atoms with Gasteiger partial charge in [-0.1, -0.05) is 33.8 Å². The van der Waals surface area contributed by atoms with Crippen LogP contribution in [-0.2, 0) is 9.53 Å². The van der Waals surface area contributed by atoms with Gasteiger partial charge in [0, 0.05) is 36.3 Å². The van der Waals surface area contributed by atoms with Crippen molar-refractivity contribution in [3.63, 3.8) is 0 Å². The van der Waals surface area contributed by atoms with Crippen LogP contribution in [0.3, 0.4) is 0 Å². The molecule has 3 saturated heterocycles. The number of hydrogen-bond acceptors (Lipinski definition) is 6. The Hall–Kier alpha value is -0.950. The first-order valence-electron chi connectivity index (χ1n) is 11.8. The second-order valence-electron chi connectivity index (χ2n) is 12.4. The van der Waals surface area contributed by atoms with Crippen molar-refractivity contribution < 1.29 is 24.9 Å². The normalized spacial score (nSPS) is 65.7. The van der Waals surface area contributed by atoms with Crippen molar-refractivity contribution in [2.24, 2.45) is 39.9 Å². The van der Waals surface area contributed by atoms with Crippen molar-refractivity contribution >= 4 is 5.97 Å². The van der Waals surface area contributed by atoms with Gasteiger partial charge < -0.3 is 20.1 Å². The van der Waals surface area contributed by atoms with E-state index < -0.39 is 28.9 Å². The highest BCUT2D eigenvalue weighted by atomic mass is 16.5. The first-order chi connectivity index (χ1) is 14.0. The van der Waals surface area contributed by atoms with Gasteiger partial charge in [0.2, 0.25) is 0 Å². The zero-order valence-electron chi connectivity index (χ0n) is 18.1. The smallest absolute Gasteiger partial charge is 0.308 e. The molecule has 9 fully saturated rings. The quantitative estimate of drug-likeness (QED) is 0.467. The monoisotopic (exact) mass is 415 g/mol. The van der Waals surface area contributed by atoms with Gasteiger partial charge in [-0.3, -0.25) is 9.69 Å². The zero-order chi connectivity index (χ0) is 21.2. The van der Waals surface area contributed by atoms with Crippen LogP contribution >= 0.6 is 0 Å². The third-order valence-electron chi connectivity index (χ3n) is 11.2. The van der Waals surface area contributed by atoms with Gasteiger partial charge >= 0.3 is 5.97 Å². The number of nitrogens with zero attached hydrogens (tertiary/aromatic N) is 1. The second-order valence-corrected chi connectivity index (χ2v) is 12.4. The molecular weight excluding hydrogens is 382 g/mol. The highest BCUT2D eigenvalue weighted by Gasteiger charge is 2.95. The number of carbonyl (C=O) groups excluding carboxylic acids is 1. The van der Waals surface area contributed by atoms with E-state index in [2.05, 4.69) is 18.4 Å². The number of carbonyl (C=O) groups is 1. The number of piperidine rings is 2. The molecule has 0 aromatic carbocycles. The first-order valence-corrected chi connectivity index (χ1v) is 11.8. The van der Waals surface area contributed by atoms with E-state index in [1.165, 1.54) is 0 Å². The summed E-state index contributed by atoms with van der Waals surface area (Å²) in [7, 11) is 0. The van der Waals surface area contributed by atoms with E-state index in [0.717, 1.165) is 25.8 Å². The van der Waals surface area contributed by atoms with Crippen molar-refractivity contribution in [2.45, 2.75) is 82.5 Å². The molecule has 9 aliphatic rings. The van der Waals surface area contributed by atoms with Crippen molar-refractivity contribution in [1.82, 2.24) is 4.90 Å². The van der Waals surface area contributed by atoms with Crippen LogP contribution in [0.4, 0.5) is 0 Å². The molecule has 3 N–H and O–H groups in total. The summed E-state index contributed by atoms with van der Waals surface area (Å²) in [6.07, 6.45) is 2.60. The van der Waals surface area contributed by atoms with E-state index >= 15 is 0 Å². The standard InChI is InChI=1S/C24H33NO5/c1-11(2)18(27)30-17-12(3)23(28)8-13-15-21-7-5-6-20(4)10-25(15)24(29,19(20)21)9-22(13,17)14(21)16(23)26/h11,13-17,19,26,28-29H,3,5-10H2,1-2,4H3/t13-,14-,15-,16+,17-,19+,20-,21-,22+,23-,24+/m0/s1. The summed E-state index contributed by atoms with van der Waals surface area (Å²) in [5.41, 5.74) is -2.56. The summed E-state index contributed by atoms with van der Waals surface area (Å²) in [4.78, 5) is 15.1. The van der Waals surface area contributed by atoms with Crippen LogP contribution < -0.4 is 0 Å². The Morgan fingerprint density at radius 2 is 2.00 bits per heavy atom. The van der Waals surface area contributed by atoms with Gasteiger partial charge in [0.15, 0.2) is 0 Å². The van der Waals surface area contributed by atoms with Crippen LogP contribution in [0.25, 0.3) is 0 Å². The topological polar surface area (TPSA) is 90.2 Å². The van der Waals surface area contributed by atoms with E-state index in [1.807, 2.05) is 13.8 Å². The molecule has 6 nitrogen and oxygen atoms in total. The minimum Gasteiger partial charge on any atom is -0.457 e. The summed E-state index contributed by atoms with van der Waals surface area (Å²) >= 11 is 0. The number of fused-ring (bicyclic) bond motifs is 1. The molecule has 0 amide bonds. The Morgan fingerprint density at radius 1 is 1.27 bits per heavy atom. The van der Waals surface area contributed by atoms with Gasteiger partial charge in [0.25, 0.3) is 0 Å². The largest absolute Gasteiger partial charge is 0.457 e. The summed E-state index contributed by atoms with van der Waals surface area (Å²) in [6.45, 7) is 11.0. The minimum atomic E-state index is -1.41. The lowest BCUT2D eigenvalue weighted by Gasteiger charge is -2.69. The highest BCUT2D eigenvalue weighted by Crippen LogP contribution is 2.89. The van der Waals surface area contributed by atoms with Crippen LogP contribution in [0, 0.1) is 39.9 Å². The fourth-order valence-electron chi connectivity index (χ4n) is 10.9. The molecule has 30 heavy (non-hydrogen) atoms. The van der Waals surface area contributed by atoms with Gasteiger partial charge in [-0.15, -0.1) is 0 Å². The second kappa shape index (κ2) is 4.70. The number of rotatable bonds is 2. The molecule has 0 radical (unpaired) electrons. The maximum atomic E-state index is 12.7. The molecule has 2 spiro atoms. The van der Waals surface area contributed by atoms with Gasteiger partial charge in [-0.05, 0) is 41.6 Å². The Bertz CT molecular complexity index is 919. The summed E-state index contributed by atoms with van der Waals surface area (Å²) < 4.78 is 6.09. The summed E-state index contributed by atoms with van der Waals surface area (Å²) in [5, 5.41) is 35.6. The van der Waals surface area contributed by atoms with Crippen LogP contribution in [0.15, 0.2) is 12.2 Å². The van der Waals surface area contributed by atoms with Crippen molar-refractivity contribution in [3.05, 3.63) is 12.2 Å². The SMILES string of the molecule is C=C1[C@H](OC(=O)C(C)C)[C@@]23C[C@@]4(O)[C@@H]5[C@@]6(C)CCC[C@@]57[C@@H]2[C@@H](O)[C@]1(O)C[C@H]3[C@@H]7N4C6. The molecule has 6 heteroatoms. The lowest BCUT2D eigenvalue weighted by Crippen LogP contribution is -2.77. The van der Waals surface area contributed by atoms with E-state index in [9.17, 15) is 20.1 Å². The Labute approximate surface area is 177 Å². The number of aliphatic hydroxyl groups is 3. The average molecular weight is 416 g/mol. The minimum absolute atomic E-state index is 0.0469. The highest BCUT2D eigenvalue weighted by molar-refractivity contribution is 5.72. The Kier molecular flexibility index (Phi) is 2.92. The van der Waals surface area contributed by atoms with E-state index in [0.29, 0.717) is 18.4 Å². The number of esters is 1. The lowest BCUT2D eigenvalue weighted by atomic mass is 9.38. The fraction of sp³-hybridized carbons (Fsp3) is 0.875. The van der Waals surface area contributed by atoms with E-state index in [4.69, 9.17) is 4.74 Å². The molecule has 3 aliphatic heterocycles. The van der Waals surface area contributed by atoms with E-state index in [-0.39, 0.29) is 46.5 Å². The lowest BCUT2D eigenvalue weighted by molar-refractivity contribution is -0.303. The maximum absolute atomic E-state index is 12.7. The molecule has 0 aromatic heterocycles. The zero-order valence-corrected chi connectivity index (χ0v) is 18.1. The van der Waals surface area contributed by atoms with Gasteiger partial charge in [0.05, 0.1) is 12.0 Å². The van der Waals surface area contributed by atoms with E-state index in [1.54, 1.807) is 0 Å². The van der Waals surface area contributed by atoms with Crippen LogP contribution in [0.1, 0.15) is 52.9 Å². The molecule has 9 rings (SSSR count). The predicted molar refractivity (Wildman–Crippen MR) is 107 cm³/mol. The number of aliphatic hydroxyl groups excluding tert-OH is 1. The predicted octanol–water partition coefficient (Wildman–Crippen LogP) is 1.43. The molecule has 3 heterocycles. The first kappa shape index (κ1) is 18.6. The molecule has 6 aliphatic carbocycles. The Balaban J connectivity index is 1.47. The average Bonchev–Trinajstić information content (AvgIpc) is 3.03. The Morgan fingerprint density at radius 3 is 2.70 bits per heavy atom. The van der Waals surface area contributed by atoms with Crippen LogP contribution in [-0.4, -0.2) is 62.3 Å². The molecule has 1 unspecified atom stereocenters. The van der Waals surface area contributed by atoms with Gasteiger partial charge in [0.1, 0.15) is 17.4 Å². The number of ether oxygens (including phenoxy) is 1. The van der Waals surface area contributed by atoms with Crippen LogP contribution in [0.2, 0.25) is 0 Å². The summed E-state index contributed by atoms with van der Waals surface area (Å²) in [6, 6.07) is 0.150. The molecule has 9 bridgehead atoms. The van der Waals surface area contributed by atoms with Crippen molar-refractivity contribution in [1.29, 1.82) is 0 Å². The molecule has 0 aromatic rings. The van der Waals surface area contributed by atoms with Gasteiger partial charge in [-0.25, -0.2) is 0 Å². The fourth-order valence-corrected chi connectivity index (χ4v) is 10.9. The third-order valence-corrected chi connectivity index (χ3v) is 11.2. The van der Waals surface area contributed by atoms with Gasteiger partial charge in [-0.2, -0.15) is 0 Å². The van der Waals surface area contributed by atoms with Crippen LogP contribution in [0.5, 0.6) is 0 Å². The third kappa shape index (κ3) is 1.44. The van der Waals surface area contributed by atoms with Crippen molar-refractivity contribution in [2.75, 3.05) is 6.54 Å². The molecular formula is C24H33NO5. The molecule has 6 saturated carbocycles. The summed E-state index contributed by atoms with van der Waals surface area (Å²) in [5.74, 6) is -0.509. The molecule has 12 atom stereocenters. The maximum Gasteiger partial charge on any atom is 0.308 e. The van der Waals surface area contributed by atoms with Crippen molar-refractivity contribution in [3.8, 4) is 0 Å². The number of hydrogen-bond donors (Lipinski definition) is 3. The molecule has 164 valence electrons.